The first-order chi connectivity index (χ1) is 14.0. The van der Waals surface area contributed by atoms with Crippen LogP contribution in [0.3, 0.4) is 0 Å². The highest BCUT2D eigenvalue weighted by atomic mass is 35.5. The molecule has 0 fully saturated rings. The first kappa shape index (κ1) is 19.7. The van der Waals surface area contributed by atoms with Crippen LogP contribution in [0.4, 0.5) is 5.82 Å². The average molecular weight is 424 g/mol. The van der Waals surface area contributed by atoms with Crippen LogP contribution >= 0.6 is 22.9 Å². The van der Waals surface area contributed by atoms with E-state index >= 15 is 0 Å². The topological polar surface area (TPSA) is 47.0 Å². The van der Waals surface area contributed by atoms with Crippen molar-refractivity contribution in [2.45, 2.75) is 27.3 Å². The van der Waals surface area contributed by atoms with Crippen molar-refractivity contribution in [2.24, 2.45) is 0 Å². The number of ether oxygens (including phenoxy) is 1. The van der Waals surface area contributed by atoms with E-state index in [2.05, 4.69) is 29.4 Å². The Labute approximate surface area is 179 Å². The molecule has 6 heteroatoms. The lowest BCUT2D eigenvalue weighted by molar-refractivity contribution is 0.340. The highest BCUT2D eigenvalue weighted by Crippen LogP contribution is 2.41. The molecule has 0 saturated heterocycles. The predicted molar refractivity (Wildman–Crippen MR) is 122 cm³/mol. The van der Waals surface area contributed by atoms with E-state index in [1.54, 1.807) is 11.3 Å². The second-order valence-corrected chi connectivity index (χ2v) is 8.41. The Hall–Kier alpha value is -2.63. The van der Waals surface area contributed by atoms with Gasteiger partial charge in [0.2, 0.25) is 0 Å². The van der Waals surface area contributed by atoms with Crippen molar-refractivity contribution >= 4 is 39.0 Å². The summed E-state index contributed by atoms with van der Waals surface area (Å²) in [4.78, 5) is 11.6. The fraction of sp³-hybridized carbons (Fsp3) is 0.217. The minimum atomic E-state index is 0.658. The van der Waals surface area contributed by atoms with E-state index < -0.39 is 0 Å². The molecule has 0 amide bonds. The SMILES string of the molecule is CCOc1ccc(-c2c(C)sc3nc(C)nc(NCc4ccc(Cl)cc4)c23)cc1. The minimum absolute atomic E-state index is 0.658. The normalized spacial score (nSPS) is 11.0. The maximum absolute atomic E-state index is 6.00. The summed E-state index contributed by atoms with van der Waals surface area (Å²) < 4.78 is 5.59. The molecule has 0 unspecified atom stereocenters. The summed E-state index contributed by atoms with van der Waals surface area (Å²) in [7, 11) is 0. The van der Waals surface area contributed by atoms with E-state index in [-0.39, 0.29) is 0 Å². The van der Waals surface area contributed by atoms with Gasteiger partial charge in [-0.2, -0.15) is 0 Å². The van der Waals surface area contributed by atoms with E-state index in [0.717, 1.165) is 43.8 Å². The van der Waals surface area contributed by atoms with Gasteiger partial charge in [0.25, 0.3) is 0 Å². The van der Waals surface area contributed by atoms with Gasteiger partial charge in [-0.15, -0.1) is 11.3 Å². The number of benzene rings is 2. The summed E-state index contributed by atoms with van der Waals surface area (Å²) in [5, 5.41) is 5.31. The molecule has 2 heterocycles. The molecule has 1 N–H and O–H groups in total. The zero-order chi connectivity index (χ0) is 20.4. The smallest absolute Gasteiger partial charge is 0.139 e. The van der Waals surface area contributed by atoms with Gasteiger partial charge in [-0.25, -0.2) is 9.97 Å². The van der Waals surface area contributed by atoms with Crippen molar-refractivity contribution in [3.8, 4) is 16.9 Å². The lowest BCUT2D eigenvalue weighted by atomic mass is 10.0. The molecule has 4 aromatic rings. The fourth-order valence-corrected chi connectivity index (χ4v) is 4.58. The van der Waals surface area contributed by atoms with Crippen LogP contribution in [0.5, 0.6) is 5.75 Å². The number of hydrogen-bond acceptors (Lipinski definition) is 5. The maximum atomic E-state index is 6.00. The molecule has 148 valence electrons. The van der Waals surface area contributed by atoms with Crippen molar-refractivity contribution in [3.63, 3.8) is 0 Å². The molecule has 2 aromatic heterocycles. The highest BCUT2D eigenvalue weighted by molar-refractivity contribution is 7.19. The quantitative estimate of drug-likeness (QED) is 0.377. The first-order valence-corrected chi connectivity index (χ1v) is 10.7. The van der Waals surface area contributed by atoms with Gasteiger partial charge in [-0.1, -0.05) is 35.9 Å². The monoisotopic (exact) mass is 423 g/mol. The van der Waals surface area contributed by atoms with Crippen molar-refractivity contribution in [2.75, 3.05) is 11.9 Å². The Balaban J connectivity index is 1.75. The number of thiophene rings is 1. The van der Waals surface area contributed by atoms with Crippen LogP contribution in [0.1, 0.15) is 23.2 Å². The number of nitrogens with one attached hydrogen (secondary N) is 1. The van der Waals surface area contributed by atoms with Crippen LogP contribution in [0.2, 0.25) is 5.02 Å². The molecule has 0 radical (unpaired) electrons. The number of aromatic nitrogens is 2. The Morgan fingerprint density at radius 1 is 1.00 bits per heavy atom. The summed E-state index contributed by atoms with van der Waals surface area (Å²) in [5.74, 6) is 2.49. The van der Waals surface area contributed by atoms with Gasteiger partial charge in [0, 0.05) is 22.0 Å². The summed E-state index contributed by atoms with van der Waals surface area (Å²) in [6, 6.07) is 16.1. The third-order valence-electron chi connectivity index (χ3n) is 4.67. The molecule has 0 saturated carbocycles. The van der Waals surface area contributed by atoms with Gasteiger partial charge in [0.15, 0.2) is 0 Å². The van der Waals surface area contributed by atoms with Crippen molar-refractivity contribution in [1.29, 1.82) is 0 Å². The van der Waals surface area contributed by atoms with E-state index in [4.69, 9.17) is 21.3 Å². The molecule has 0 bridgehead atoms. The third kappa shape index (κ3) is 4.21. The Morgan fingerprint density at radius 2 is 1.72 bits per heavy atom. The maximum Gasteiger partial charge on any atom is 0.139 e. The second-order valence-electron chi connectivity index (χ2n) is 6.77. The minimum Gasteiger partial charge on any atom is -0.494 e. The number of rotatable bonds is 6. The molecule has 0 spiro atoms. The van der Waals surface area contributed by atoms with E-state index in [0.29, 0.717) is 13.2 Å². The van der Waals surface area contributed by atoms with Crippen molar-refractivity contribution in [3.05, 3.63) is 69.8 Å². The molecule has 0 atom stereocenters. The molecule has 29 heavy (non-hydrogen) atoms. The highest BCUT2D eigenvalue weighted by Gasteiger charge is 2.18. The average Bonchev–Trinajstić information content (AvgIpc) is 3.04. The van der Waals surface area contributed by atoms with Gasteiger partial charge in [-0.3, -0.25) is 0 Å². The molecule has 2 aromatic carbocycles. The van der Waals surface area contributed by atoms with Gasteiger partial charge in [0.1, 0.15) is 22.2 Å². The number of aryl methyl sites for hydroxylation is 2. The van der Waals surface area contributed by atoms with Crippen LogP contribution in [0.25, 0.3) is 21.3 Å². The lowest BCUT2D eigenvalue weighted by Gasteiger charge is -2.11. The van der Waals surface area contributed by atoms with E-state index in [1.807, 2.05) is 50.2 Å². The van der Waals surface area contributed by atoms with Crippen molar-refractivity contribution in [1.82, 2.24) is 9.97 Å². The van der Waals surface area contributed by atoms with Crippen LogP contribution in [-0.2, 0) is 6.54 Å². The van der Waals surface area contributed by atoms with Gasteiger partial charge in [0.05, 0.1) is 12.0 Å². The third-order valence-corrected chi connectivity index (χ3v) is 5.92. The van der Waals surface area contributed by atoms with Gasteiger partial charge >= 0.3 is 0 Å². The number of nitrogens with zero attached hydrogens (tertiary/aromatic N) is 2. The van der Waals surface area contributed by atoms with Crippen LogP contribution in [-0.4, -0.2) is 16.6 Å². The predicted octanol–water partition coefficient (Wildman–Crippen LogP) is 6.64. The largest absolute Gasteiger partial charge is 0.494 e. The number of anilines is 1. The summed E-state index contributed by atoms with van der Waals surface area (Å²) in [6.07, 6.45) is 0. The molecule has 0 aliphatic heterocycles. The van der Waals surface area contributed by atoms with Crippen molar-refractivity contribution < 1.29 is 4.74 Å². The molecule has 4 rings (SSSR count). The van der Waals surface area contributed by atoms with E-state index in [9.17, 15) is 0 Å². The lowest BCUT2D eigenvalue weighted by Crippen LogP contribution is -2.04. The van der Waals surface area contributed by atoms with Crippen LogP contribution in [0.15, 0.2) is 48.5 Å². The van der Waals surface area contributed by atoms with Crippen LogP contribution < -0.4 is 10.1 Å². The molecule has 0 aliphatic carbocycles. The first-order valence-electron chi connectivity index (χ1n) is 9.54. The Kier molecular flexibility index (Phi) is 5.69. The van der Waals surface area contributed by atoms with Gasteiger partial charge < -0.3 is 10.1 Å². The second kappa shape index (κ2) is 8.39. The standard InChI is InChI=1S/C23H22ClN3OS/c1-4-28-19-11-7-17(8-12-19)20-14(2)29-23-21(20)22(26-15(3)27-23)25-13-16-5-9-18(24)10-6-16/h5-12H,4,13H2,1-3H3,(H,25,26,27). The molecular formula is C23H22ClN3OS. The van der Waals surface area contributed by atoms with Crippen LogP contribution in [0, 0.1) is 13.8 Å². The Morgan fingerprint density at radius 3 is 2.41 bits per heavy atom. The number of fused-ring (bicyclic) bond motifs is 1. The summed E-state index contributed by atoms with van der Waals surface area (Å²) >= 11 is 7.70. The van der Waals surface area contributed by atoms with E-state index in [1.165, 1.54) is 10.4 Å². The number of halogens is 1. The molecule has 4 nitrogen and oxygen atoms in total. The zero-order valence-corrected chi connectivity index (χ0v) is 18.2. The molecular weight excluding hydrogens is 402 g/mol. The zero-order valence-electron chi connectivity index (χ0n) is 16.6. The fourth-order valence-electron chi connectivity index (χ4n) is 3.37. The summed E-state index contributed by atoms with van der Waals surface area (Å²) in [5.41, 5.74) is 3.46. The number of hydrogen-bond donors (Lipinski definition) is 1. The Bertz CT molecular complexity index is 1140. The molecule has 0 aliphatic rings. The van der Waals surface area contributed by atoms with Gasteiger partial charge in [-0.05, 0) is 56.2 Å². The summed E-state index contributed by atoms with van der Waals surface area (Å²) in [6.45, 7) is 7.38.